The average Bonchev–Trinajstić information content (AvgIpc) is 2.49. The molecule has 1 atom stereocenters. The monoisotopic (exact) mass is 314 g/mol. The van der Waals surface area contributed by atoms with E-state index in [0.717, 1.165) is 31.7 Å². The van der Waals surface area contributed by atoms with E-state index in [-0.39, 0.29) is 6.61 Å². The molecule has 6 heteroatoms. The highest BCUT2D eigenvalue weighted by Crippen LogP contribution is 2.32. The van der Waals surface area contributed by atoms with Gasteiger partial charge in [-0.2, -0.15) is 0 Å². The minimum Gasteiger partial charge on any atom is -0.495 e. The molecule has 1 aromatic carbocycles. The highest BCUT2D eigenvalue weighted by atomic mass is 35.5. The number of benzene rings is 1. The van der Waals surface area contributed by atoms with Gasteiger partial charge in [0, 0.05) is 38.8 Å². The highest BCUT2D eigenvalue weighted by molar-refractivity contribution is 6.32. The predicted molar refractivity (Wildman–Crippen MR) is 83.6 cm³/mol. The van der Waals surface area contributed by atoms with E-state index in [1.807, 2.05) is 13.0 Å². The first-order chi connectivity index (χ1) is 10.1. The summed E-state index contributed by atoms with van der Waals surface area (Å²) in [5.41, 5.74) is 0.891. The van der Waals surface area contributed by atoms with Gasteiger partial charge in [-0.15, -0.1) is 0 Å². The Morgan fingerprint density at radius 1 is 1.38 bits per heavy atom. The van der Waals surface area contributed by atoms with Gasteiger partial charge in [0.1, 0.15) is 24.2 Å². The summed E-state index contributed by atoms with van der Waals surface area (Å²) >= 11 is 6.11. The van der Waals surface area contributed by atoms with Crippen LogP contribution in [0.5, 0.6) is 11.5 Å². The van der Waals surface area contributed by atoms with Crippen LogP contribution in [0.1, 0.15) is 5.56 Å². The minimum atomic E-state index is -0.509. The lowest BCUT2D eigenvalue weighted by Crippen LogP contribution is -2.47. The maximum atomic E-state index is 10.1. The summed E-state index contributed by atoms with van der Waals surface area (Å²) in [6.45, 7) is 6.66. The molecule has 1 heterocycles. The SMILES string of the molecule is COc1cc(OCC(O)CN2CCNCC2)cc(C)c1Cl. The van der Waals surface area contributed by atoms with E-state index in [0.29, 0.717) is 23.1 Å². The number of hydrogen-bond acceptors (Lipinski definition) is 5. The van der Waals surface area contributed by atoms with Crippen molar-refractivity contribution in [2.45, 2.75) is 13.0 Å². The number of piperazine rings is 1. The Bertz CT molecular complexity index is 464. The molecular formula is C15H23ClN2O3. The zero-order valence-electron chi connectivity index (χ0n) is 12.6. The Balaban J connectivity index is 1.85. The molecule has 1 aromatic rings. The number of aliphatic hydroxyl groups is 1. The van der Waals surface area contributed by atoms with Gasteiger partial charge in [0.25, 0.3) is 0 Å². The normalized spacial score (nSPS) is 17.5. The number of aliphatic hydroxyl groups excluding tert-OH is 1. The highest BCUT2D eigenvalue weighted by Gasteiger charge is 2.15. The maximum absolute atomic E-state index is 10.1. The van der Waals surface area contributed by atoms with Crippen LogP contribution in [-0.4, -0.2) is 62.6 Å². The smallest absolute Gasteiger partial charge is 0.141 e. The molecule has 0 bridgehead atoms. The molecule has 2 N–H and O–H groups in total. The van der Waals surface area contributed by atoms with Crippen LogP contribution in [0.25, 0.3) is 0 Å². The zero-order valence-corrected chi connectivity index (χ0v) is 13.3. The van der Waals surface area contributed by atoms with Gasteiger partial charge in [-0.25, -0.2) is 0 Å². The van der Waals surface area contributed by atoms with E-state index >= 15 is 0 Å². The van der Waals surface area contributed by atoms with E-state index in [2.05, 4.69) is 10.2 Å². The van der Waals surface area contributed by atoms with Crippen molar-refractivity contribution in [3.05, 3.63) is 22.7 Å². The van der Waals surface area contributed by atoms with Gasteiger partial charge >= 0.3 is 0 Å². The van der Waals surface area contributed by atoms with Gasteiger partial charge in [0.2, 0.25) is 0 Å². The first kappa shape index (κ1) is 16.4. The molecule has 0 aliphatic carbocycles. The van der Waals surface area contributed by atoms with Crippen LogP contribution in [0.2, 0.25) is 5.02 Å². The first-order valence-corrected chi connectivity index (χ1v) is 7.56. The molecule has 0 radical (unpaired) electrons. The molecule has 0 spiro atoms. The average molecular weight is 315 g/mol. The number of rotatable bonds is 6. The lowest BCUT2D eigenvalue weighted by Gasteiger charge is -2.29. The number of halogens is 1. The van der Waals surface area contributed by atoms with Gasteiger partial charge in [-0.3, -0.25) is 4.90 Å². The lowest BCUT2D eigenvalue weighted by molar-refractivity contribution is 0.0640. The van der Waals surface area contributed by atoms with Gasteiger partial charge in [-0.1, -0.05) is 11.6 Å². The Labute approximate surface area is 130 Å². The van der Waals surface area contributed by atoms with Gasteiger partial charge in [0.05, 0.1) is 12.1 Å². The summed E-state index contributed by atoms with van der Waals surface area (Å²) < 4.78 is 10.9. The van der Waals surface area contributed by atoms with E-state index in [4.69, 9.17) is 21.1 Å². The minimum absolute atomic E-state index is 0.258. The molecule has 118 valence electrons. The molecule has 1 fully saturated rings. The summed E-state index contributed by atoms with van der Waals surface area (Å²) in [4.78, 5) is 2.23. The van der Waals surface area contributed by atoms with Crippen LogP contribution >= 0.6 is 11.6 Å². The lowest BCUT2D eigenvalue weighted by atomic mass is 10.2. The molecule has 0 aromatic heterocycles. The number of hydrogen-bond donors (Lipinski definition) is 2. The second kappa shape index (κ2) is 7.84. The summed E-state index contributed by atoms with van der Waals surface area (Å²) in [7, 11) is 1.57. The molecular weight excluding hydrogens is 292 g/mol. The largest absolute Gasteiger partial charge is 0.495 e. The Hall–Kier alpha value is -1.01. The Kier molecular flexibility index (Phi) is 6.11. The predicted octanol–water partition coefficient (Wildman–Crippen LogP) is 1.30. The van der Waals surface area contributed by atoms with E-state index in [1.54, 1.807) is 13.2 Å². The van der Waals surface area contributed by atoms with Crippen LogP contribution in [0.3, 0.4) is 0 Å². The topological polar surface area (TPSA) is 54.0 Å². The van der Waals surface area contributed by atoms with Crippen LogP contribution in [0.15, 0.2) is 12.1 Å². The van der Waals surface area contributed by atoms with Crippen molar-refractivity contribution >= 4 is 11.6 Å². The molecule has 1 unspecified atom stereocenters. The molecule has 1 aliphatic heterocycles. The fourth-order valence-corrected chi connectivity index (χ4v) is 2.56. The number of nitrogens with one attached hydrogen (secondary N) is 1. The van der Waals surface area contributed by atoms with Gasteiger partial charge < -0.3 is 19.9 Å². The second-order valence-corrected chi connectivity index (χ2v) is 5.65. The van der Waals surface area contributed by atoms with Crippen molar-refractivity contribution in [1.82, 2.24) is 10.2 Å². The first-order valence-electron chi connectivity index (χ1n) is 7.18. The van der Waals surface area contributed by atoms with Crippen molar-refractivity contribution < 1.29 is 14.6 Å². The van der Waals surface area contributed by atoms with Crippen molar-refractivity contribution in [3.63, 3.8) is 0 Å². The van der Waals surface area contributed by atoms with E-state index in [9.17, 15) is 5.11 Å². The van der Waals surface area contributed by atoms with Crippen LogP contribution < -0.4 is 14.8 Å². The van der Waals surface area contributed by atoms with Gasteiger partial charge in [0.15, 0.2) is 0 Å². The molecule has 2 rings (SSSR count). The fraction of sp³-hybridized carbons (Fsp3) is 0.600. The van der Waals surface area contributed by atoms with Crippen LogP contribution in [0, 0.1) is 6.92 Å². The molecule has 1 saturated heterocycles. The number of aryl methyl sites for hydroxylation is 1. The second-order valence-electron chi connectivity index (χ2n) is 5.27. The molecule has 1 aliphatic rings. The van der Waals surface area contributed by atoms with E-state index < -0.39 is 6.10 Å². The maximum Gasteiger partial charge on any atom is 0.141 e. The Morgan fingerprint density at radius 3 is 2.76 bits per heavy atom. The van der Waals surface area contributed by atoms with Crippen molar-refractivity contribution in [1.29, 1.82) is 0 Å². The molecule has 21 heavy (non-hydrogen) atoms. The summed E-state index contributed by atoms with van der Waals surface area (Å²) in [6.07, 6.45) is -0.509. The van der Waals surface area contributed by atoms with Crippen molar-refractivity contribution in [3.8, 4) is 11.5 Å². The van der Waals surface area contributed by atoms with E-state index in [1.165, 1.54) is 0 Å². The van der Waals surface area contributed by atoms with Crippen LogP contribution in [0.4, 0.5) is 0 Å². The fourth-order valence-electron chi connectivity index (χ4n) is 2.37. The van der Waals surface area contributed by atoms with Crippen LogP contribution in [-0.2, 0) is 0 Å². The van der Waals surface area contributed by atoms with Crippen molar-refractivity contribution in [2.75, 3.05) is 46.4 Å². The standard InChI is InChI=1S/C15H23ClN2O3/c1-11-7-13(8-14(20-2)15(11)16)21-10-12(19)9-18-5-3-17-4-6-18/h7-8,12,17,19H,3-6,9-10H2,1-2H3. The third kappa shape index (κ3) is 4.74. The summed E-state index contributed by atoms with van der Waals surface area (Å²) in [5.74, 6) is 1.25. The molecule has 0 amide bonds. The number of methoxy groups -OCH3 is 1. The number of ether oxygens (including phenoxy) is 2. The third-order valence-corrected chi connectivity index (χ3v) is 4.02. The quantitative estimate of drug-likeness (QED) is 0.829. The summed E-state index contributed by atoms with van der Waals surface area (Å²) in [6, 6.07) is 3.59. The Morgan fingerprint density at radius 2 is 2.10 bits per heavy atom. The summed E-state index contributed by atoms with van der Waals surface area (Å²) in [5, 5.41) is 13.9. The van der Waals surface area contributed by atoms with Crippen molar-refractivity contribution in [2.24, 2.45) is 0 Å². The van der Waals surface area contributed by atoms with Gasteiger partial charge in [-0.05, 0) is 18.6 Å². The molecule has 5 nitrogen and oxygen atoms in total. The zero-order chi connectivity index (χ0) is 15.2. The third-order valence-electron chi connectivity index (χ3n) is 3.54. The number of nitrogens with zero attached hydrogens (tertiary/aromatic N) is 1. The number of β-amino-alcohol motifs (C(OH)–C–C–N with tert-alkyl or cyclic N) is 1. The molecule has 0 saturated carbocycles.